The van der Waals surface area contributed by atoms with Gasteiger partial charge in [0.05, 0.1) is 6.04 Å². The summed E-state index contributed by atoms with van der Waals surface area (Å²) in [7, 11) is 3.31. The Kier molecular flexibility index (Phi) is 5.56. The lowest BCUT2D eigenvalue weighted by molar-refractivity contribution is -0.138. The SMILES string of the molecule is CC(C)c1ccccc1C1(N2C[C@H](F)C[C@H]2C(=O)N(C)C)C(=O)Nc2ccc(Cl)cc21. The molecule has 5 nitrogen and oxygen atoms in total. The zero-order chi connectivity index (χ0) is 22.5. The topological polar surface area (TPSA) is 52.7 Å². The minimum atomic E-state index is -1.35. The molecule has 2 aromatic rings. The van der Waals surface area contributed by atoms with E-state index < -0.39 is 17.8 Å². The number of alkyl halides is 1. The van der Waals surface area contributed by atoms with E-state index in [1.165, 1.54) is 4.90 Å². The van der Waals surface area contributed by atoms with E-state index in [4.69, 9.17) is 11.6 Å². The van der Waals surface area contributed by atoms with Gasteiger partial charge in [0.1, 0.15) is 6.17 Å². The minimum Gasteiger partial charge on any atom is -0.347 e. The molecule has 0 aliphatic carbocycles. The van der Waals surface area contributed by atoms with Gasteiger partial charge in [0, 0.05) is 43.3 Å². The number of carbonyl (C=O) groups is 2. The van der Waals surface area contributed by atoms with Crippen molar-refractivity contribution < 1.29 is 14.0 Å². The van der Waals surface area contributed by atoms with Gasteiger partial charge in [-0.25, -0.2) is 4.39 Å². The predicted octanol–water partition coefficient (Wildman–Crippen LogP) is 4.16. The van der Waals surface area contributed by atoms with E-state index in [0.29, 0.717) is 16.3 Å². The maximum absolute atomic E-state index is 14.9. The number of carbonyl (C=O) groups excluding carboxylic acids is 2. The molecule has 1 saturated heterocycles. The maximum Gasteiger partial charge on any atom is 0.254 e. The number of benzene rings is 2. The number of nitrogens with one attached hydrogen (secondary N) is 1. The van der Waals surface area contributed by atoms with Crippen molar-refractivity contribution in [3.63, 3.8) is 0 Å². The molecule has 1 unspecified atom stereocenters. The van der Waals surface area contributed by atoms with Crippen LogP contribution in [-0.2, 0) is 15.1 Å². The fraction of sp³-hybridized carbons (Fsp3) is 0.417. The smallest absolute Gasteiger partial charge is 0.254 e. The first-order chi connectivity index (χ1) is 14.7. The first-order valence-corrected chi connectivity index (χ1v) is 10.9. The Balaban J connectivity index is 2.05. The Morgan fingerprint density at radius 2 is 1.94 bits per heavy atom. The van der Waals surface area contributed by atoms with Crippen LogP contribution in [0.3, 0.4) is 0 Å². The lowest BCUT2D eigenvalue weighted by Gasteiger charge is -2.42. The molecular weight excluding hydrogens is 417 g/mol. The number of likely N-dealkylation sites (N-methyl/N-ethyl adjacent to an activating group) is 1. The van der Waals surface area contributed by atoms with Gasteiger partial charge in [-0.15, -0.1) is 0 Å². The first kappa shape index (κ1) is 21.8. The van der Waals surface area contributed by atoms with Crippen LogP contribution < -0.4 is 5.32 Å². The van der Waals surface area contributed by atoms with Gasteiger partial charge in [0.15, 0.2) is 5.54 Å². The summed E-state index contributed by atoms with van der Waals surface area (Å²) in [5.41, 5.74) is 1.67. The van der Waals surface area contributed by atoms with Gasteiger partial charge < -0.3 is 10.2 Å². The van der Waals surface area contributed by atoms with Crippen LogP contribution in [-0.4, -0.2) is 54.5 Å². The van der Waals surface area contributed by atoms with Gasteiger partial charge >= 0.3 is 0 Å². The third-order valence-corrected chi connectivity index (χ3v) is 6.56. The molecule has 0 radical (unpaired) electrons. The van der Waals surface area contributed by atoms with Crippen LogP contribution in [0, 0.1) is 0 Å². The summed E-state index contributed by atoms with van der Waals surface area (Å²) in [5, 5.41) is 3.45. The highest BCUT2D eigenvalue weighted by atomic mass is 35.5. The number of likely N-dealkylation sites (tertiary alicyclic amines) is 1. The minimum absolute atomic E-state index is 0.0178. The first-order valence-electron chi connectivity index (χ1n) is 10.5. The summed E-state index contributed by atoms with van der Waals surface area (Å²) in [4.78, 5) is 30.1. The maximum atomic E-state index is 14.9. The summed E-state index contributed by atoms with van der Waals surface area (Å²) in [6, 6.07) is 12.2. The molecule has 2 aliphatic rings. The average molecular weight is 444 g/mol. The largest absolute Gasteiger partial charge is 0.347 e. The van der Waals surface area contributed by atoms with Gasteiger partial charge in [-0.1, -0.05) is 49.7 Å². The Morgan fingerprint density at radius 1 is 1.23 bits per heavy atom. The predicted molar refractivity (Wildman–Crippen MR) is 120 cm³/mol. The summed E-state index contributed by atoms with van der Waals surface area (Å²) in [6.45, 7) is 4.10. The number of hydrogen-bond donors (Lipinski definition) is 1. The second-order valence-corrected chi connectivity index (χ2v) is 9.27. The summed E-state index contributed by atoms with van der Waals surface area (Å²) in [6.07, 6.45) is -1.17. The van der Waals surface area contributed by atoms with Crippen molar-refractivity contribution in [2.45, 2.75) is 43.9 Å². The number of rotatable bonds is 4. The number of anilines is 1. The molecular formula is C24H27ClFN3O2. The van der Waals surface area contributed by atoms with Crippen LogP contribution in [0.2, 0.25) is 5.02 Å². The quantitative estimate of drug-likeness (QED) is 0.772. The van der Waals surface area contributed by atoms with E-state index in [0.717, 1.165) is 11.1 Å². The molecule has 0 saturated carbocycles. The number of halogens is 2. The van der Waals surface area contributed by atoms with Crippen LogP contribution in [0.5, 0.6) is 0 Å². The summed E-state index contributed by atoms with van der Waals surface area (Å²) in [5.74, 6) is -0.385. The van der Waals surface area contributed by atoms with Crippen LogP contribution in [0.4, 0.5) is 10.1 Å². The van der Waals surface area contributed by atoms with E-state index in [1.54, 1.807) is 37.2 Å². The van der Waals surface area contributed by atoms with E-state index in [2.05, 4.69) is 19.2 Å². The third kappa shape index (κ3) is 3.33. The van der Waals surface area contributed by atoms with Crippen molar-refractivity contribution in [1.82, 2.24) is 9.80 Å². The lowest BCUT2D eigenvalue weighted by atomic mass is 9.77. The molecule has 0 bridgehead atoms. The van der Waals surface area contributed by atoms with Crippen molar-refractivity contribution in [3.8, 4) is 0 Å². The average Bonchev–Trinajstić information content (AvgIpc) is 3.24. The molecule has 4 rings (SSSR count). The molecule has 3 atom stereocenters. The van der Waals surface area contributed by atoms with E-state index in [-0.39, 0.29) is 30.7 Å². The Bertz CT molecular complexity index is 1040. The summed E-state index contributed by atoms with van der Waals surface area (Å²) >= 11 is 6.37. The second kappa shape index (κ2) is 7.92. The molecule has 2 aromatic carbocycles. The molecule has 164 valence electrons. The fourth-order valence-electron chi connectivity index (χ4n) is 4.98. The van der Waals surface area contributed by atoms with Gasteiger partial charge in [-0.2, -0.15) is 0 Å². The molecule has 2 aliphatic heterocycles. The van der Waals surface area contributed by atoms with E-state index in [9.17, 15) is 14.0 Å². The van der Waals surface area contributed by atoms with Gasteiger partial charge in [0.25, 0.3) is 5.91 Å². The zero-order valence-electron chi connectivity index (χ0n) is 18.2. The molecule has 2 heterocycles. The molecule has 1 fully saturated rings. The van der Waals surface area contributed by atoms with E-state index >= 15 is 0 Å². The molecule has 31 heavy (non-hydrogen) atoms. The van der Waals surface area contributed by atoms with Gasteiger partial charge in [0.2, 0.25) is 5.91 Å². The normalized spacial score (nSPS) is 25.6. The number of fused-ring (bicyclic) bond motifs is 1. The van der Waals surface area contributed by atoms with Crippen molar-refractivity contribution in [2.75, 3.05) is 26.0 Å². The number of nitrogens with zero attached hydrogens (tertiary/aromatic N) is 2. The molecule has 0 spiro atoms. The van der Waals surface area contributed by atoms with Crippen molar-refractivity contribution in [1.29, 1.82) is 0 Å². The Morgan fingerprint density at radius 3 is 2.61 bits per heavy atom. The fourth-order valence-corrected chi connectivity index (χ4v) is 5.16. The Labute approximate surface area is 187 Å². The van der Waals surface area contributed by atoms with E-state index in [1.807, 2.05) is 24.3 Å². The van der Waals surface area contributed by atoms with Crippen LogP contribution >= 0.6 is 11.6 Å². The monoisotopic (exact) mass is 443 g/mol. The van der Waals surface area contributed by atoms with Gasteiger partial charge in [-0.05, 0) is 35.2 Å². The molecule has 0 aromatic heterocycles. The standard InChI is InChI=1S/C24H27ClFN3O2/c1-14(2)17-7-5-6-8-18(17)24(19-11-15(25)9-10-20(19)27-23(24)31)29-13-16(26)12-21(29)22(30)28(3)4/h5-11,14,16,21H,12-13H2,1-4H3,(H,27,31)/t16-,21+,24?/m1/s1. The highest BCUT2D eigenvalue weighted by Gasteiger charge is 2.59. The van der Waals surface area contributed by atoms with Crippen LogP contribution in [0.25, 0.3) is 0 Å². The van der Waals surface area contributed by atoms with Crippen LogP contribution in [0.1, 0.15) is 42.9 Å². The van der Waals surface area contributed by atoms with Crippen molar-refractivity contribution in [2.24, 2.45) is 0 Å². The molecule has 2 amide bonds. The number of amides is 2. The second-order valence-electron chi connectivity index (χ2n) is 8.83. The van der Waals surface area contributed by atoms with Crippen molar-refractivity contribution in [3.05, 3.63) is 64.2 Å². The highest BCUT2D eigenvalue weighted by Crippen LogP contribution is 2.51. The Hall–Kier alpha value is -2.44. The number of hydrogen-bond acceptors (Lipinski definition) is 3. The van der Waals surface area contributed by atoms with Gasteiger partial charge in [-0.3, -0.25) is 14.5 Å². The zero-order valence-corrected chi connectivity index (χ0v) is 18.9. The highest BCUT2D eigenvalue weighted by molar-refractivity contribution is 6.31. The molecule has 1 N–H and O–H groups in total. The third-order valence-electron chi connectivity index (χ3n) is 6.33. The summed E-state index contributed by atoms with van der Waals surface area (Å²) < 4.78 is 14.9. The molecule has 7 heteroatoms. The van der Waals surface area contributed by atoms with Crippen molar-refractivity contribution >= 4 is 29.1 Å². The lowest BCUT2D eigenvalue weighted by Crippen LogP contribution is -2.57. The van der Waals surface area contributed by atoms with Crippen LogP contribution in [0.15, 0.2) is 42.5 Å².